The van der Waals surface area contributed by atoms with Gasteiger partial charge >= 0.3 is 0 Å². The molecule has 3 aromatic rings. The summed E-state index contributed by atoms with van der Waals surface area (Å²) >= 11 is 0. The lowest BCUT2D eigenvalue weighted by Crippen LogP contribution is -2.27. The third kappa shape index (κ3) is 4.22. The van der Waals surface area contributed by atoms with Crippen LogP contribution in [-0.2, 0) is 6.54 Å². The van der Waals surface area contributed by atoms with Gasteiger partial charge in [0.25, 0.3) is 5.91 Å². The number of benzene rings is 2. The highest BCUT2D eigenvalue weighted by molar-refractivity contribution is 6.04. The highest BCUT2D eigenvalue weighted by atomic mass is 16.2. The van der Waals surface area contributed by atoms with E-state index >= 15 is 0 Å². The van der Waals surface area contributed by atoms with Gasteiger partial charge < -0.3 is 9.88 Å². The van der Waals surface area contributed by atoms with E-state index in [1.165, 1.54) is 11.6 Å². The van der Waals surface area contributed by atoms with Crippen molar-refractivity contribution in [1.82, 2.24) is 4.57 Å². The van der Waals surface area contributed by atoms with Crippen molar-refractivity contribution in [3.8, 4) is 0 Å². The van der Waals surface area contributed by atoms with E-state index in [1.807, 2.05) is 36.6 Å². The molecule has 0 saturated heterocycles. The zero-order valence-corrected chi connectivity index (χ0v) is 16.8. The third-order valence-electron chi connectivity index (χ3n) is 5.02. The molecule has 1 amide bonds. The minimum Gasteiger partial charge on any atom is -0.344 e. The number of carbonyl (C=O) groups excluding carboxylic acids is 1. The van der Waals surface area contributed by atoms with Gasteiger partial charge in [-0.25, -0.2) is 0 Å². The number of carbonyl (C=O) groups is 1. The number of aryl methyl sites for hydroxylation is 1. The molecule has 0 aliphatic rings. The monoisotopic (exact) mass is 374 g/mol. The van der Waals surface area contributed by atoms with E-state index < -0.39 is 0 Å². The molecule has 28 heavy (non-hydrogen) atoms. The van der Waals surface area contributed by atoms with Crippen molar-refractivity contribution in [2.24, 2.45) is 0 Å². The van der Waals surface area contributed by atoms with Crippen LogP contribution in [-0.4, -0.2) is 10.5 Å². The Kier molecular flexibility index (Phi) is 5.78. The number of pyridine rings is 1. The normalized spacial score (nSPS) is 10.9. The van der Waals surface area contributed by atoms with Crippen LogP contribution in [0.3, 0.4) is 0 Å². The molecule has 0 unspecified atom stereocenters. The number of anilines is 1. The quantitative estimate of drug-likeness (QED) is 0.691. The smallest absolute Gasteiger partial charge is 0.261 e. The molecule has 4 heteroatoms. The molecule has 0 aliphatic carbocycles. The molecule has 3 rings (SSSR count). The Labute approximate surface area is 165 Å². The number of nitrogens with zero attached hydrogens (tertiary/aromatic N) is 1. The van der Waals surface area contributed by atoms with Gasteiger partial charge in [-0.3, -0.25) is 9.59 Å². The van der Waals surface area contributed by atoms with Crippen molar-refractivity contribution < 1.29 is 4.79 Å². The fourth-order valence-electron chi connectivity index (χ4n) is 3.34. The average molecular weight is 374 g/mol. The Balaban J connectivity index is 1.93. The molecule has 1 heterocycles. The molecule has 1 aromatic heterocycles. The second-order valence-corrected chi connectivity index (χ2v) is 7.41. The Bertz CT molecular complexity index is 1030. The maximum atomic E-state index is 12.8. The molecule has 0 saturated carbocycles. The minimum atomic E-state index is -0.377. The number of amides is 1. The van der Waals surface area contributed by atoms with Crippen LogP contribution in [0, 0.1) is 13.8 Å². The Morgan fingerprint density at radius 2 is 1.64 bits per heavy atom. The van der Waals surface area contributed by atoms with Gasteiger partial charge in [0.2, 0.25) is 0 Å². The summed E-state index contributed by atoms with van der Waals surface area (Å²) in [6, 6.07) is 19.2. The first-order valence-electron chi connectivity index (χ1n) is 9.53. The lowest BCUT2D eigenvalue weighted by Gasteiger charge is -2.18. The van der Waals surface area contributed by atoms with Gasteiger partial charge in [0.1, 0.15) is 5.56 Å². The lowest BCUT2D eigenvalue weighted by molar-refractivity contribution is 0.102. The summed E-state index contributed by atoms with van der Waals surface area (Å²) in [5.41, 5.74) is 4.54. The summed E-state index contributed by atoms with van der Waals surface area (Å²) in [5.74, 6) is 0.107. The minimum absolute atomic E-state index is 0.188. The molecule has 0 atom stereocenters. The molecule has 0 fully saturated rings. The van der Waals surface area contributed by atoms with Gasteiger partial charge in [0, 0.05) is 29.7 Å². The summed E-state index contributed by atoms with van der Waals surface area (Å²) in [4.78, 5) is 25.3. The Morgan fingerprint density at radius 3 is 2.25 bits per heavy atom. The molecule has 2 aromatic carbocycles. The molecule has 144 valence electrons. The zero-order chi connectivity index (χ0) is 20.3. The average Bonchev–Trinajstić information content (AvgIpc) is 2.66. The summed E-state index contributed by atoms with van der Waals surface area (Å²) in [6.45, 7) is 8.68. The number of rotatable bonds is 5. The Morgan fingerprint density at radius 1 is 1.00 bits per heavy atom. The van der Waals surface area contributed by atoms with Crippen LogP contribution in [0.15, 0.2) is 65.5 Å². The van der Waals surface area contributed by atoms with E-state index in [4.69, 9.17) is 0 Å². The fourth-order valence-corrected chi connectivity index (χ4v) is 3.34. The van der Waals surface area contributed by atoms with Gasteiger partial charge in [-0.2, -0.15) is 0 Å². The van der Waals surface area contributed by atoms with Crippen LogP contribution >= 0.6 is 0 Å². The first kappa shape index (κ1) is 19.6. The molecule has 0 spiro atoms. The number of para-hydroxylation sites is 1. The van der Waals surface area contributed by atoms with Crippen LogP contribution in [0.5, 0.6) is 0 Å². The van der Waals surface area contributed by atoms with Gasteiger partial charge in [-0.15, -0.1) is 0 Å². The third-order valence-corrected chi connectivity index (χ3v) is 5.02. The summed E-state index contributed by atoms with van der Waals surface area (Å²) in [7, 11) is 0. The van der Waals surface area contributed by atoms with Gasteiger partial charge in [0.15, 0.2) is 5.43 Å². The van der Waals surface area contributed by atoms with E-state index in [0.29, 0.717) is 23.8 Å². The Hall–Kier alpha value is -3.14. The van der Waals surface area contributed by atoms with Crippen molar-refractivity contribution in [2.45, 2.75) is 40.2 Å². The predicted octanol–water partition coefficient (Wildman–Crippen LogP) is 4.89. The second kappa shape index (κ2) is 8.26. The van der Waals surface area contributed by atoms with Crippen LogP contribution in [0.1, 0.15) is 52.6 Å². The molecular weight excluding hydrogens is 348 g/mol. The predicted molar refractivity (Wildman–Crippen MR) is 114 cm³/mol. The van der Waals surface area contributed by atoms with Gasteiger partial charge in [-0.05, 0) is 43.0 Å². The van der Waals surface area contributed by atoms with Crippen LogP contribution in [0.25, 0.3) is 0 Å². The summed E-state index contributed by atoms with van der Waals surface area (Å²) in [6.07, 6.45) is 0. The number of aromatic nitrogens is 1. The summed E-state index contributed by atoms with van der Waals surface area (Å²) < 4.78 is 2.02. The van der Waals surface area contributed by atoms with Gasteiger partial charge in [0.05, 0.1) is 0 Å². The fraction of sp³-hybridized carbons (Fsp3) is 0.250. The van der Waals surface area contributed by atoms with Crippen molar-refractivity contribution in [1.29, 1.82) is 0 Å². The largest absolute Gasteiger partial charge is 0.344 e. The standard InChI is InChI=1S/C24H26N2O2/c1-16(2)20-12-10-19(11-13-20)15-26-17(3)14-22(27)23(18(26)4)24(28)25-21-8-6-5-7-9-21/h5-14,16H,15H2,1-4H3,(H,25,28). The van der Waals surface area contributed by atoms with Gasteiger partial charge in [-0.1, -0.05) is 56.3 Å². The topological polar surface area (TPSA) is 51.1 Å². The summed E-state index contributed by atoms with van der Waals surface area (Å²) in [5, 5.41) is 2.82. The van der Waals surface area contributed by atoms with Crippen LogP contribution in [0.4, 0.5) is 5.69 Å². The SMILES string of the molecule is Cc1cc(=O)c(C(=O)Nc2ccccc2)c(C)n1Cc1ccc(C(C)C)cc1. The van der Waals surface area contributed by atoms with E-state index in [2.05, 4.69) is 43.4 Å². The van der Waals surface area contributed by atoms with Crippen molar-refractivity contribution in [3.63, 3.8) is 0 Å². The molecule has 0 bridgehead atoms. The van der Waals surface area contributed by atoms with Crippen molar-refractivity contribution >= 4 is 11.6 Å². The van der Waals surface area contributed by atoms with Crippen LogP contribution < -0.4 is 10.7 Å². The second-order valence-electron chi connectivity index (χ2n) is 7.41. The number of hydrogen-bond donors (Lipinski definition) is 1. The molecule has 4 nitrogen and oxygen atoms in total. The first-order valence-corrected chi connectivity index (χ1v) is 9.53. The van der Waals surface area contributed by atoms with Crippen LogP contribution in [0.2, 0.25) is 0 Å². The van der Waals surface area contributed by atoms with E-state index in [0.717, 1.165) is 11.3 Å². The van der Waals surface area contributed by atoms with E-state index in [9.17, 15) is 9.59 Å². The molecular formula is C24H26N2O2. The maximum absolute atomic E-state index is 12.8. The first-order chi connectivity index (χ1) is 13.4. The van der Waals surface area contributed by atoms with E-state index in [1.54, 1.807) is 12.1 Å². The van der Waals surface area contributed by atoms with Crippen molar-refractivity contribution in [2.75, 3.05) is 5.32 Å². The maximum Gasteiger partial charge on any atom is 0.261 e. The molecule has 1 N–H and O–H groups in total. The highest BCUT2D eigenvalue weighted by Gasteiger charge is 2.18. The zero-order valence-electron chi connectivity index (χ0n) is 16.8. The van der Waals surface area contributed by atoms with Crippen molar-refractivity contribution in [3.05, 3.63) is 99.0 Å². The number of nitrogens with one attached hydrogen (secondary N) is 1. The molecule has 0 aliphatic heterocycles. The number of hydrogen-bond acceptors (Lipinski definition) is 2. The van der Waals surface area contributed by atoms with E-state index in [-0.39, 0.29) is 16.9 Å². The lowest BCUT2D eigenvalue weighted by atomic mass is 10.0. The molecule has 0 radical (unpaired) electrons. The highest BCUT2D eigenvalue weighted by Crippen LogP contribution is 2.17.